The van der Waals surface area contributed by atoms with Crippen LogP contribution in [0.1, 0.15) is 30.7 Å². The molecule has 0 radical (unpaired) electrons. The monoisotopic (exact) mass is 235 g/mol. The first-order valence-electron chi connectivity index (χ1n) is 6.22. The van der Waals surface area contributed by atoms with Gasteiger partial charge in [-0.25, -0.2) is 0 Å². The van der Waals surface area contributed by atoms with Crippen LogP contribution in [0.25, 0.3) is 0 Å². The van der Waals surface area contributed by atoms with E-state index in [9.17, 15) is 0 Å². The van der Waals surface area contributed by atoms with Crippen molar-refractivity contribution in [2.45, 2.75) is 25.2 Å². The fourth-order valence-electron chi connectivity index (χ4n) is 2.86. The summed E-state index contributed by atoms with van der Waals surface area (Å²) in [6.45, 7) is 0.755. The van der Waals surface area contributed by atoms with Gasteiger partial charge in [0.15, 0.2) is 0 Å². The van der Waals surface area contributed by atoms with E-state index in [-0.39, 0.29) is 0 Å². The Hall–Kier alpha value is -1.22. The molecule has 0 aliphatic heterocycles. The van der Waals surface area contributed by atoms with Crippen molar-refractivity contribution < 1.29 is 9.47 Å². The van der Waals surface area contributed by atoms with Crippen LogP contribution in [0.15, 0.2) is 18.2 Å². The number of hydrogen-bond acceptors (Lipinski definition) is 3. The maximum absolute atomic E-state index is 5.85. The maximum atomic E-state index is 5.85. The predicted molar refractivity (Wildman–Crippen MR) is 68.7 cm³/mol. The Kier molecular flexibility index (Phi) is 3.89. The molecule has 0 saturated heterocycles. The molecule has 0 bridgehead atoms. The lowest BCUT2D eigenvalue weighted by Gasteiger charge is -2.21. The van der Waals surface area contributed by atoms with Crippen LogP contribution in [0.4, 0.5) is 0 Å². The maximum Gasteiger partial charge on any atom is 0.122 e. The van der Waals surface area contributed by atoms with Crippen molar-refractivity contribution in [1.29, 1.82) is 0 Å². The van der Waals surface area contributed by atoms with E-state index < -0.39 is 0 Å². The minimum absolute atomic E-state index is 0.519. The summed E-state index contributed by atoms with van der Waals surface area (Å²) in [7, 11) is 3.42. The van der Waals surface area contributed by atoms with Crippen molar-refractivity contribution in [3.63, 3.8) is 0 Å². The van der Waals surface area contributed by atoms with E-state index in [2.05, 4.69) is 6.07 Å². The molecule has 0 spiro atoms. The first-order valence-corrected chi connectivity index (χ1v) is 6.22. The van der Waals surface area contributed by atoms with E-state index in [1.165, 1.54) is 24.8 Å². The van der Waals surface area contributed by atoms with Gasteiger partial charge in [-0.05, 0) is 49.4 Å². The Balaban J connectivity index is 2.34. The topological polar surface area (TPSA) is 44.5 Å². The Morgan fingerprint density at radius 1 is 1.24 bits per heavy atom. The Morgan fingerprint density at radius 2 is 2.06 bits per heavy atom. The minimum Gasteiger partial charge on any atom is -0.497 e. The van der Waals surface area contributed by atoms with Crippen LogP contribution < -0.4 is 15.2 Å². The minimum atomic E-state index is 0.519. The summed E-state index contributed by atoms with van der Waals surface area (Å²) >= 11 is 0. The van der Waals surface area contributed by atoms with E-state index >= 15 is 0 Å². The first kappa shape index (κ1) is 12.2. The van der Waals surface area contributed by atoms with Crippen LogP contribution >= 0.6 is 0 Å². The van der Waals surface area contributed by atoms with Crippen molar-refractivity contribution in [2.75, 3.05) is 20.8 Å². The van der Waals surface area contributed by atoms with Gasteiger partial charge < -0.3 is 15.2 Å². The molecule has 0 aromatic heterocycles. The van der Waals surface area contributed by atoms with Crippen molar-refractivity contribution in [2.24, 2.45) is 11.7 Å². The molecule has 2 rings (SSSR count). The van der Waals surface area contributed by atoms with Gasteiger partial charge in [-0.1, -0.05) is 6.42 Å². The van der Waals surface area contributed by atoms with Crippen LogP contribution in [0.5, 0.6) is 11.5 Å². The Morgan fingerprint density at radius 3 is 2.71 bits per heavy atom. The van der Waals surface area contributed by atoms with E-state index in [0.717, 1.165) is 18.0 Å². The molecule has 94 valence electrons. The van der Waals surface area contributed by atoms with Crippen molar-refractivity contribution in [1.82, 2.24) is 0 Å². The molecule has 0 amide bonds. The van der Waals surface area contributed by atoms with Gasteiger partial charge in [-0.2, -0.15) is 0 Å². The van der Waals surface area contributed by atoms with Crippen molar-refractivity contribution >= 4 is 0 Å². The predicted octanol–water partition coefficient (Wildman–Crippen LogP) is 2.55. The average molecular weight is 235 g/mol. The quantitative estimate of drug-likeness (QED) is 0.872. The third-order valence-corrected chi connectivity index (χ3v) is 3.80. The highest BCUT2D eigenvalue weighted by Gasteiger charge is 2.29. The molecule has 1 aliphatic rings. The molecule has 0 heterocycles. The molecule has 17 heavy (non-hydrogen) atoms. The first-order chi connectivity index (χ1) is 8.30. The summed E-state index contributed by atoms with van der Waals surface area (Å²) in [5, 5.41) is 0. The Labute approximate surface area is 103 Å². The molecule has 1 aromatic rings. The zero-order valence-electron chi connectivity index (χ0n) is 10.6. The van der Waals surface area contributed by atoms with Gasteiger partial charge in [0.1, 0.15) is 11.5 Å². The summed E-state index contributed by atoms with van der Waals surface area (Å²) in [4.78, 5) is 0. The van der Waals surface area contributed by atoms with Crippen LogP contribution in [0.3, 0.4) is 0 Å². The molecule has 3 heteroatoms. The summed E-state index contributed by atoms with van der Waals surface area (Å²) in [5.74, 6) is 2.95. The van der Waals surface area contributed by atoms with E-state index in [0.29, 0.717) is 11.8 Å². The molecule has 1 saturated carbocycles. The normalized spacial score (nSPS) is 23.7. The highest BCUT2D eigenvalue weighted by Crippen LogP contribution is 2.43. The number of rotatable bonds is 4. The molecular weight excluding hydrogens is 214 g/mol. The van der Waals surface area contributed by atoms with Gasteiger partial charge in [0.05, 0.1) is 14.2 Å². The standard InChI is InChI=1S/C14H21NO2/c1-16-11-6-7-14(17-2)13(8-11)12-5-3-4-10(12)9-15/h6-8,10,12H,3-5,9,15H2,1-2H3. The van der Waals surface area contributed by atoms with Gasteiger partial charge >= 0.3 is 0 Å². The van der Waals surface area contributed by atoms with Crippen molar-refractivity contribution in [3.8, 4) is 11.5 Å². The van der Waals surface area contributed by atoms with E-state index in [1.54, 1.807) is 14.2 Å². The number of ether oxygens (including phenoxy) is 2. The number of nitrogens with two attached hydrogens (primary N) is 1. The second kappa shape index (κ2) is 5.41. The second-order valence-corrected chi connectivity index (χ2v) is 4.64. The Bertz CT molecular complexity index is 378. The molecule has 1 aromatic carbocycles. The summed E-state index contributed by atoms with van der Waals surface area (Å²) in [6, 6.07) is 6.02. The molecule has 2 atom stereocenters. The van der Waals surface area contributed by atoms with E-state index in [4.69, 9.17) is 15.2 Å². The SMILES string of the molecule is COc1ccc(OC)c(C2CCCC2CN)c1. The number of benzene rings is 1. The lowest BCUT2D eigenvalue weighted by Crippen LogP contribution is -2.17. The molecule has 2 N–H and O–H groups in total. The third kappa shape index (κ3) is 2.39. The smallest absolute Gasteiger partial charge is 0.122 e. The van der Waals surface area contributed by atoms with E-state index in [1.807, 2.05) is 12.1 Å². The van der Waals surface area contributed by atoms with Gasteiger partial charge in [0.2, 0.25) is 0 Å². The fraction of sp³-hybridized carbons (Fsp3) is 0.571. The van der Waals surface area contributed by atoms with Crippen LogP contribution in [-0.2, 0) is 0 Å². The zero-order chi connectivity index (χ0) is 12.3. The molecule has 3 nitrogen and oxygen atoms in total. The number of hydrogen-bond donors (Lipinski definition) is 1. The second-order valence-electron chi connectivity index (χ2n) is 4.64. The molecule has 1 fully saturated rings. The lowest BCUT2D eigenvalue weighted by atomic mass is 9.88. The highest BCUT2D eigenvalue weighted by atomic mass is 16.5. The number of methoxy groups -OCH3 is 2. The molecule has 1 aliphatic carbocycles. The summed E-state index contributed by atoms with van der Waals surface area (Å²) in [6.07, 6.45) is 3.68. The van der Waals surface area contributed by atoms with Gasteiger partial charge in [-0.3, -0.25) is 0 Å². The van der Waals surface area contributed by atoms with Crippen LogP contribution in [0, 0.1) is 5.92 Å². The third-order valence-electron chi connectivity index (χ3n) is 3.80. The summed E-state index contributed by atoms with van der Waals surface area (Å²) < 4.78 is 10.7. The van der Waals surface area contributed by atoms with Crippen LogP contribution in [0.2, 0.25) is 0 Å². The van der Waals surface area contributed by atoms with Gasteiger partial charge in [0, 0.05) is 5.56 Å². The molecule has 2 unspecified atom stereocenters. The van der Waals surface area contributed by atoms with Crippen LogP contribution in [-0.4, -0.2) is 20.8 Å². The zero-order valence-corrected chi connectivity index (χ0v) is 10.6. The lowest BCUT2D eigenvalue weighted by molar-refractivity contribution is 0.387. The highest BCUT2D eigenvalue weighted by molar-refractivity contribution is 5.43. The van der Waals surface area contributed by atoms with Gasteiger partial charge in [0.25, 0.3) is 0 Å². The fourth-order valence-corrected chi connectivity index (χ4v) is 2.86. The van der Waals surface area contributed by atoms with Crippen molar-refractivity contribution in [3.05, 3.63) is 23.8 Å². The van der Waals surface area contributed by atoms with Gasteiger partial charge in [-0.15, -0.1) is 0 Å². The average Bonchev–Trinajstić information content (AvgIpc) is 2.86. The summed E-state index contributed by atoms with van der Waals surface area (Å²) in [5.41, 5.74) is 7.10. The molecular formula is C14H21NO2. The largest absolute Gasteiger partial charge is 0.497 e.